The van der Waals surface area contributed by atoms with Crippen LogP contribution in [-0.2, 0) is 19.4 Å². The Morgan fingerprint density at radius 1 is 1.22 bits per heavy atom. The Hall–Kier alpha value is -2.50. The quantitative estimate of drug-likeness (QED) is 0.802. The first-order valence-electron chi connectivity index (χ1n) is 8.19. The molecule has 0 saturated carbocycles. The molecule has 1 aliphatic heterocycles. The highest BCUT2D eigenvalue weighted by molar-refractivity contribution is 5.88. The van der Waals surface area contributed by atoms with Crippen molar-refractivity contribution in [3.63, 3.8) is 0 Å². The monoisotopic (exact) mass is 308 g/mol. The Morgan fingerprint density at radius 2 is 2.13 bits per heavy atom. The summed E-state index contributed by atoms with van der Waals surface area (Å²) in [4.78, 5) is 8.72. The van der Waals surface area contributed by atoms with Crippen LogP contribution in [0.1, 0.15) is 25.0 Å². The molecule has 23 heavy (non-hydrogen) atoms. The molecule has 1 aromatic carbocycles. The molecule has 118 valence electrons. The summed E-state index contributed by atoms with van der Waals surface area (Å²) in [5.41, 5.74) is 0.975. The molecule has 1 N–H and O–H groups in total. The number of benzene rings is 1. The third-order valence-corrected chi connectivity index (χ3v) is 4.54. The number of hydrogen-bond donors (Lipinski definition) is 1. The van der Waals surface area contributed by atoms with E-state index in [1.54, 1.807) is 6.33 Å². The Bertz CT molecular complexity index is 806. The van der Waals surface area contributed by atoms with E-state index in [1.165, 1.54) is 0 Å². The van der Waals surface area contributed by atoms with Crippen molar-refractivity contribution >= 4 is 16.7 Å². The van der Waals surface area contributed by atoms with Crippen molar-refractivity contribution in [3.8, 4) is 0 Å². The maximum Gasteiger partial charge on any atom is 0.137 e. The molecule has 4 rings (SSSR count). The van der Waals surface area contributed by atoms with Gasteiger partial charge in [-0.05, 0) is 24.5 Å². The normalized spacial score (nSPS) is 17.2. The summed E-state index contributed by atoms with van der Waals surface area (Å²) >= 11 is 0. The number of para-hydroxylation sites is 1. The first-order valence-corrected chi connectivity index (χ1v) is 8.19. The molecule has 6 heteroatoms. The lowest BCUT2D eigenvalue weighted by Gasteiger charge is -2.24. The predicted molar refractivity (Wildman–Crippen MR) is 89.2 cm³/mol. The third kappa shape index (κ3) is 2.65. The minimum absolute atomic E-state index is 0.567. The number of aryl methyl sites for hydroxylation is 2. The maximum atomic E-state index is 4.41. The van der Waals surface area contributed by atoms with Gasteiger partial charge in [0.15, 0.2) is 0 Å². The van der Waals surface area contributed by atoms with Gasteiger partial charge in [0.1, 0.15) is 23.8 Å². The van der Waals surface area contributed by atoms with Crippen LogP contribution in [0, 0.1) is 5.92 Å². The maximum absolute atomic E-state index is 4.41. The lowest BCUT2D eigenvalue weighted by molar-refractivity contribution is 0.374. The minimum Gasteiger partial charge on any atom is -0.369 e. The van der Waals surface area contributed by atoms with Crippen LogP contribution in [0.15, 0.2) is 30.6 Å². The fourth-order valence-electron chi connectivity index (χ4n) is 3.27. The molecule has 2 aromatic heterocycles. The average molecular weight is 308 g/mol. The van der Waals surface area contributed by atoms with Crippen LogP contribution in [0.5, 0.6) is 0 Å². The van der Waals surface area contributed by atoms with E-state index in [0.29, 0.717) is 5.92 Å². The van der Waals surface area contributed by atoms with Crippen LogP contribution < -0.4 is 5.32 Å². The number of hydrogen-bond acceptors (Lipinski definition) is 5. The Labute approximate surface area is 135 Å². The fourth-order valence-corrected chi connectivity index (χ4v) is 3.27. The van der Waals surface area contributed by atoms with Crippen molar-refractivity contribution in [2.75, 3.05) is 11.9 Å². The van der Waals surface area contributed by atoms with Gasteiger partial charge in [0.2, 0.25) is 0 Å². The Kier molecular flexibility index (Phi) is 3.65. The first kappa shape index (κ1) is 14.1. The first-order chi connectivity index (χ1) is 11.3. The topological polar surface area (TPSA) is 68.5 Å². The molecule has 6 nitrogen and oxygen atoms in total. The summed E-state index contributed by atoms with van der Waals surface area (Å²) in [5.74, 6) is 3.71. The number of nitrogens with zero attached hydrogens (tertiary/aromatic N) is 5. The van der Waals surface area contributed by atoms with E-state index in [4.69, 9.17) is 0 Å². The van der Waals surface area contributed by atoms with Crippen molar-refractivity contribution in [1.29, 1.82) is 0 Å². The molecule has 3 heterocycles. The molecule has 1 aliphatic rings. The molecule has 0 fully saturated rings. The summed E-state index contributed by atoms with van der Waals surface area (Å²) in [5, 5.41) is 13.2. The molecule has 0 unspecified atom stereocenters. The summed E-state index contributed by atoms with van der Waals surface area (Å²) in [7, 11) is 0. The third-order valence-electron chi connectivity index (χ3n) is 4.54. The second-order valence-corrected chi connectivity index (χ2v) is 6.02. The molecular formula is C17H20N6. The minimum atomic E-state index is 0.567. The van der Waals surface area contributed by atoms with Crippen molar-refractivity contribution in [3.05, 3.63) is 42.2 Å². The summed E-state index contributed by atoms with van der Waals surface area (Å²) in [6.07, 6.45) is 4.70. The zero-order valence-corrected chi connectivity index (χ0v) is 13.2. The van der Waals surface area contributed by atoms with E-state index < -0.39 is 0 Å². The molecule has 0 saturated heterocycles. The number of fused-ring (bicyclic) bond motifs is 2. The number of rotatable bonds is 4. The van der Waals surface area contributed by atoms with Crippen LogP contribution in [0.3, 0.4) is 0 Å². The number of aromatic nitrogens is 5. The molecule has 3 aromatic rings. The Morgan fingerprint density at radius 3 is 3.04 bits per heavy atom. The van der Waals surface area contributed by atoms with Crippen LogP contribution in [-0.4, -0.2) is 31.3 Å². The predicted octanol–water partition coefficient (Wildman–Crippen LogP) is 2.46. The van der Waals surface area contributed by atoms with Crippen molar-refractivity contribution < 1.29 is 0 Å². The summed E-state index contributed by atoms with van der Waals surface area (Å²) in [6, 6.07) is 8.10. The molecule has 0 radical (unpaired) electrons. The summed E-state index contributed by atoms with van der Waals surface area (Å²) < 4.78 is 2.29. The van der Waals surface area contributed by atoms with Gasteiger partial charge in [-0.25, -0.2) is 9.97 Å². The molecule has 0 spiro atoms. The Balaban J connectivity index is 1.49. The molecule has 0 aliphatic carbocycles. The average Bonchev–Trinajstić information content (AvgIpc) is 3.02. The van der Waals surface area contributed by atoms with E-state index >= 15 is 0 Å². The fraction of sp³-hybridized carbons (Fsp3) is 0.412. The second-order valence-electron chi connectivity index (χ2n) is 6.02. The lowest BCUT2D eigenvalue weighted by Crippen LogP contribution is -2.27. The standard InChI is InChI=1S/C17H20N6/c1-2-15-21-22-16-8-7-12(10-23(15)16)9-18-17-13-5-3-4-6-14(13)19-11-20-17/h3-6,11-12H,2,7-10H2,1H3,(H,18,19,20)/t12-/m0/s1. The van der Waals surface area contributed by atoms with Gasteiger partial charge < -0.3 is 9.88 Å². The number of nitrogens with one attached hydrogen (secondary N) is 1. The largest absolute Gasteiger partial charge is 0.369 e. The highest BCUT2D eigenvalue weighted by Gasteiger charge is 2.22. The van der Waals surface area contributed by atoms with Gasteiger partial charge in [-0.1, -0.05) is 19.1 Å². The molecule has 1 atom stereocenters. The van der Waals surface area contributed by atoms with Crippen LogP contribution in [0.4, 0.5) is 5.82 Å². The van der Waals surface area contributed by atoms with E-state index in [2.05, 4.69) is 43.0 Å². The van der Waals surface area contributed by atoms with Gasteiger partial charge in [0.05, 0.1) is 5.52 Å². The zero-order valence-electron chi connectivity index (χ0n) is 13.2. The van der Waals surface area contributed by atoms with Crippen molar-refractivity contribution in [2.24, 2.45) is 5.92 Å². The van der Waals surface area contributed by atoms with E-state index in [0.717, 1.165) is 60.7 Å². The highest BCUT2D eigenvalue weighted by Crippen LogP contribution is 2.23. The van der Waals surface area contributed by atoms with Crippen molar-refractivity contribution in [2.45, 2.75) is 32.7 Å². The van der Waals surface area contributed by atoms with Gasteiger partial charge in [0.25, 0.3) is 0 Å². The van der Waals surface area contributed by atoms with E-state index in [-0.39, 0.29) is 0 Å². The second kappa shape index (κ2) is 5.95. The van der Waals surface area contributed by atoms with Crippen molar-refractivity contribution in [1.82, 2.24) is 24.7 Å². The van der Waals surface area contributed by atoms with Gasteiger partial charge in [0, 0.05) is 31.3 Å². The van der Waals surface area contributed by atoms with Crippen LogP contribution >= 0.6 is 0 Å². The smallest absolute Gasteiger partial charge is 0.137 e. The molecular weight excluding hydrogens is 288 g/mol. The zero-order chi connectivity index (χ0) is 15.6. The summed E-state index contributed by atoms with van der Waals surface area (Å²) in [6.45, 7) is 4.02. The van der Waals surface area contributed by atoms with Gasteiger partial charge in [-0.15, -0.1) is 10.2 Å². The number of anilines is 1. The lowest BCUT2D eigenvalue weighted by atomic mass is 9.99. The highest BCUT2D eigenvalue weighted by atomic mass is 15.3. The van der Waals surface area contributed by atoms with Crippen LogP contribution in [0.25, 0.3) is 10.9 Å². The van der Waals surface area contributed by atoms with E-state index in [1.807, 2.05) is 18.2 Å². The molecule has 0 amide bonds. The molecule has 0 bridgehead atoms. The van der Waals surface area contributed by atoms with Crippen LogP contribution in [0.2, 0.25) is 0 Å². The van der Waals surface area contributed by atoms with E-state index in [9.17, 15) is 0 Å². The van der Waals surface area contributed by atoms with Gasteiger partial charge in [-0.2, -0.15) is 0 Å². The van der Waals surface area contributed by atoms with Gasteiger partial charge >= 0.3 is 0 Å². The van der Waals surface area contributed by atoms with Gasteiger partial charge in [-0.3, -0.25) is 0 Å². The SMILES string of the molecule is CCc1nnc2n1C[C@H](CNc1ncnc3ccccc13)CC2.